The van der Waals surface area contributed by atoms with E-state index in [2.05, 4.69) is 263 Å². The predicted octanol–water partition coefficient (Wildman–Crippen LogP) is 21.4. The van der Waals surface area contributed by atoms with Crippen LogP contribution in [-0.2, 0) is 9.31 Å². The SMILES string of the molecule is CC1(C)OB(c2ccc(-c3ccc4c5ccccc5c5ccccc5c4c3)cc2)OC1(C)C.Cc1ccc2ccc3c(-c4ccc(-c5ccc6c7ccccc7c7ccccc7c6c5)cc4)cc(C)nc3c2n1.Cc1ccc2ccc3c(Cl)cc(C)nc3c2n1. The predicted molar refractivity (Wildman–Crippen MR) is 382 cm³/mol. The van der Waals surface area contributed by atoms with Crippen LogP contribution in [0, 0.1) is 27.7 Å². The first-order chi connectivity index (χ1) is 43.6. The minimum Gasteiger partial charge on any atom is -0.399 e. The summed E-state index contributed by atoms with van der Waals surface area (Å²) in [5.41, 5.74) is 15.2. The molecule has 1 aliphatic heterocycles. The van der Waals surface area contributed by atoms with Crippen LogP contribution in [0.3, 0.4) is 0 Å². The number of nitrogens with zero attached hydrogens (tertiary/aromatic N) is 4. The minimum absolute atomic E-state index is 0.335. The van der Waals surface area contributed by atoms with Crippen molar-refractivity contribution < 1.29 is 9.31 Å². The standard InChI is InChI=1S/C38H26N2.C30H27BO2.C14H11ClN2/c1-23-11-12-27-17-20-34-35(21-24(2)40-38(34)37(27)39-23)26-15-13-25(14-16-26)28-18-19-33-31-9-4-3-7-29(31)30-8-5-6-10-32(30)36(33)22-28;1-29(2)30(3,4)33-31(32-29)22-16-13-20(14-17-22)21-15-18-27-25-11-6-5-9-23(25)24-10-7-8-12-26(24)28(27)19-21;1-8-3-4-10-5-6-11-12(15)7-9(2)17-14(11)13(10)16-8/h3-22H,1-2H3;5-19H,1-4H3;3-7H,1-2H3. The number of rotatable bonds is 4. The van der Waals surface area contributed by atoms with E-state index in [4.69, 9.17) is 30.9 Å². The lowest BCUT2D eigenvalue weighted by Gasteiger charge is -2.32. The molecule has 17 rings (SSSR count). The summed E-state index contributed by atoms with van der Waals surface area (Å²) >= 11 is 6.23. The Bertz CT molecular complexity index is 5480. The quantitative estimate of drug-likeness (QED) is 0.129. The van der Waals surface area contributed by atoms with Gasteiger partial charge in [0.25, 0.3) is 0 Å². The third kappa shape index (κ3) is 10.0. The van der Waals surface area contributed by atoms with E-state index >= 15 is 0 Å². The molecule has 1 fully saturated rings. The monoisotopic (exact) mass is 1180 g/mol. The number of hydrogen-bond acceptors (Lipinski definition) is 6. The van der Waals surface area contributed by atoms with E-state index in [0.717, 1.165) is 76.9 Å². The summed E-state index contributed by atoms with van der Waals surface area (Å²) in [7, 11) is -0.337. The molecule has 0 N–H and O–H groups in total. The second-order valence-corrected chi connectivity index (χ2v) is 25.4. The lowest BCUT2D eigenvalue weighted by Crippen LogP contribution is -2.41. The average molecular weight is 1180 g/mol. The molecule has 8 heteroatoms. The Kier molecular flexibility index (Phi) is 14.0. The molecule has 1 saturated heterocycles. The first-order valence-corrected chi connectivity index (χ1v) is 31.2. The summed E-state index contributed by atoms with van der Waals surface area (Å²) in [5.74, 6) is 0. The molecule has 0 spiro atoms. The number of hydrogen-bond donors (Lipinski definition) is 0. The molecular weight excluding hydrogens is 1120 g/mol. The maximum absolute atomic E-state index is 6.23. The number of fused-ring (bicyclic) bond motifs is 18. The van der Waals surface area contributed by atoms with Crippen LogP contribution in [0.1, 0.15) is 50.5 Å². The summed E-state index contributed by atoms with van der Waals surface area (Å²) in [6, 6.07) is 86.8. The Labute approximate surface area is 528 Å². The Morgan fingerprint density at radius 2 is 0.611 bits per heavy atom. The molecule has 16 aromatic rings. The van der Waals surface area contributed by atoms with E-state index in [9.17, 15) is 0 Å². The van der Waals surface area contributed by atoms with Gasteiger partial charge in [-0.15, -0.1) is 0 Å². The van der Waals surface area contributed by atoms with E-state index in [1.165, 1.54) is 98.0 Å². The maximum Gasteiger partial charge on any atom is 0.494 e. The van der Waals surface area contributed by atoms with Crippen LogP contribution in [0.2, 0.25) is 5.02 Å². The molecule has 0 atom stereocenters. The molecule has 4 aromatic heterocycles. The highest BCUT2D eigenvalue weighted by Crippen LogP contribution is 2.41. The van der Waals surface area contributed by atoms with Crippen molar-refractivity contribution in [1.29, 1.82) is 0 Å². The first kappa shape index (κ1) is 56.6. The molecule has 0 amide bonds. The van der Waals surface area contributed by atoms with Crippen molar-refractivity contribution in [3.63, 3.8) is 0 Å². The number of halogens is 1. The van der Waals surface area contributed by atoms with Gasteiger partial charge in [-0.2, -0.15) is 0 Å². The fraction of sp³-hybridized carbons (Fsp3) is 0.122. The zero-order valence-electron chi connectivity index (χ0n) is 51.7. The third-order valence-electron chi connectivity index (χ3n) is 18.5. The van der Waals surface area contributed by atoms with Crippen LogP contribution in [-0.4, -0.2) is 38.3 Å². The fourth-order valence-corrected chi connectivity index (χ4v) is 13.5. The second-order valence-electron chi connectivity index (χ2n) is 25.0. The Morgan fingerprint density at radius 1 is 0.289 bits per heavy atom. The average Bonchev–Trinajstić information content (AvgIpc) is 1.05. The van der Waals surface area contributed by atoms with E-state index in [0.29, 0.717) is 0 Å². The lowest BCUT2D eigenvalue weighted by atomic mass is 9.78. The van der Waals surface area contributed by atoms with Gasteiger partial charge in [-0.25, -0.2) is 0 Å². The van der Waals surface area contributed by atoms with Gasteiger partial charge >= 0.3 is 7.12 Å². The lowest BCUT2D eigenvalue weighted by molar-refractivity contribution is 0.00578. The highest BCUT2D eigenvalue weighted by atomic mass is 35.5. The zero-order chi connectivity index (χ0) is 61.6. The topological polar surface area (TPSA) is 70.0 Å². The van der Waals surface area contributed by atoms with E-state index in [1.54, 1.807) is 0 Å². The van der Waals surface area contributed by atoms with Crippen molar-refractivity contribution >= 4 is 132 Å². The molecule has 0 saturated carbocycles. The molecule has 1 aliphatic rings. The van der Waals surface area contributed by atoms with Crippen LogP contribution < -0.4 is 5.46 Å². The van der Waals surface area contributed by atoms with Crippen molar-refractivity contribution in [2.45, 2.75) is 66.6 Å². The van der Waals surface area contributed by atoms with Crippen LogP contribution in [0.4, 0.5) is 0 Å². The molecule has 0 bridgehead atoms. The molecule has 12 aromatic carbocycles. The maximum atomic E-state index is 6.23. The number of benzene rings is 12. The number of pyridine rings is 4. The summed E-state index contributed by atoms with van der Waals surface area (Å²) < 4.78 is 12.4. The Balaban J connectivity index is 0.000000121. The van der Waals surface area contributed by atoms with E-state index in [1.807, 2.05) is 45.0 Å². The number of aromatic nitrogens is 4. The van der Waals surface area contributed by atoms with Gasteiger partial charge in [-0.05, 0) is 195 Å². The Hall–Kier alpha value is -9.89. The van der Waals surface area contributed by atoms with E-state index < -0.39 is 0 Å². The molecule has 5 heterocycles. The molecule has 90 heavy (non-hydrogen) atoms. The van der Waals surface area contributed by atoms with E-state index in [-0.39, 0.29) is 18.3 Å². The van der Waals surface area contributed by atoms with Crippen LogP contribution in [0.5, 0.6) is 0 Å². The molecule has 0 aliphatic carbocycles. The zero-order valence-corrected chi connectivity index (χ0v) is 52.4. The molecular formula is C82H64BClN4O2. The Morgan fingerprint density at radius 3 is 1.06 bits per heavy atom. The van der Waals surface area contributed by atoms with Crippen LogP contribution >= 0.6 is 11.6 Å². The van der Waals surface area contributed by atoms with Gasteiger partial charge in [0.15, 0.2) is 0 Å². The number of aryl methyl sites for hydroxylation is 4. The smallest absolute Gasteiger partial charge is 0.399 e. The van der Waals surface area contributed by atoms with Gasteiger partial charge in [0, 0.05) is 44.3 Å². The third-order valence-corrected chi connectivity index (χ3v) is 18.9. The molecule has 6 nitrogen and oxygen atoms in total. The van der Waals surface area contributed by atoms with Gasteiger partial charge < -0.3 is 9.31 Å². The summed E-state index contributed by atoms with van der Waals surface area (Å²) in [6.07, 6.45) is 0. The van der Waals surface area contributed by atoms with Crippen LogP contribution in [0.25, 0.3) is 142 Å². The second kappa shape index (κ2) is 22.3. The molecule has 0 unspecified atom stereocenters. The van der Waals surface area contributed by atoms with Gasteiger partial charge in [0.05, 0.1) is 38.3 Å². The van der Waals surface area contributed by atoms with Crippen molar-refractivity contribution in [1.82, 2.24) is 19.9 Å². The summed E-state index contributed by atoms with van der Waals surface area (Å²) in [4.78, 5) is 18.9. The van der Waals surface area contributed by atoms with Gasteiger partial charge in [0.1, 0.15) is 0 Å². The molecule has 434 valence electrons. The van der Waals surface area contributed by atoms with Gasteiger partial charge in [-0.1, -0.05) is 218 Å². The van der Waals surface area contributed by atoms with Gasteiger partial charge in [-0.3, -0.25) is 19.9 Å². The normalized spacial score (nSPS) is 13.7. The van der Waals surface area contributed by atoms with Crippen LogP contribution in [0.15, 0.2) is 243 Å². The summed E-state index contributed by atoms with van der Waals surface area (Å²) in [5, 5.41) is 20.6. The van der Waals surface area contributed by atoms with Crippen molar-refractivity contribution in [3.8, 4) is 33.4 Å². The fourth-order valence-electron chi connectivity index (χ4n) is 13.2. The largest absolute Gasteiger partial charge is 0.494 e. The van der Waals surface area contributed by atoms with Crippen molar-refractivity contribution in [2.75, 3.05) is 0 Å². The first-order valence-electron chi connectivity index (χ1n) is 30.9. The summed E-state index contributed by atoms with van der Waals surface area (Å²) in [6.45, 7) is 16.4. The highest BCUT2D eigenvalue weighted by Gasteiger charge is 2.51. The molecule has 0 radical (unpaired) electrons. The van der Waals surface area contributed by atoms with Crippen molar-refractivity contribution in [2.24, 2.45) is 0 Å². The van der Waals surface area contributed by atoms with Crippen molar-refractivity contribution in [3.05, 3.63) is 270 Å². The van der Waals surface area contributed by atoms with Gasteiger partial charge in [0.2, 0.25) is 0 Å². The highest BCUT2D eigenvalue weighted by molar-refractivity contribution is 6.62. The minimum atomic E-state index is -0.337.